The molecule has 0 bridgehead atoms. The van der Waals surface area contributed by atoms with E-state index in [0.29, 0.717) is 0 Å². The van der Waals surface area contributed by atoms with Crippen LogP contribution in [0, 0.1) is 5.82 Å². The molecule has 1 rings (SSSR count). The van der Waals surface area contributed by atoms with Gasteiger partial charge >= 0.3 is 0 Å². The summed E-state index contributed by atoms with van der Waals surface area (Å²) in [6.45, 7) is 3.39. The van der Waals surface area contributed by atoms with Gasteiger partial charge in [0, 0.05) is 6.04 Å². The molecule has 1 amide bonds. The SMILES string of the molecule is COc1cccc(F)c1C(=O)N(CC(N)=NO)C(C)C. The smallest absolute Gasteiger partial charge is 0.261 e. The van der Waals surface area contributed by atoms with E-state index in [4.69, 9.17) is 15.7 Å². The summed E-state index contributed by atoms with van der Waals surface area (Å²) in [5, 5.41) is 11.4. The first-order valence-electron chi connectivity index (χ1n) is 6.02. The van der Waals surface area contributed by atoms with Gasteiger partial charge in [0.05, 0.1) is 13.7 Å². The molecule has 0 atom stereocenters. The lowest BCUT2D eigenvalue weighted by atomic mass is 10.1. The molecular formula is C13H18FN3O3. The van der Waals surface area contributed by atoms with E-state index in [1.54, 1.807) is 13.8 Å². The van der Waals surface area contributed by atoms with Crippen LogP contribution in [0.3, 0.4) is 0 Å². The molecule has 1 aromatic carbocycles. The van der Waals surface area contributed by atoms with Crippen molar-refractivity contribution < 1.29 is 19.1 Å². The van der Waals surface area contributed by atoms with Gasteiger partial charge in [-0.25, -0.2) is 4.39 Å². The maximum Gasteiger partial charge on any atom is 0.261 e. The largest absolute Gasteiger partial charge is 0.496 e. The van der Waals surface area contributed by atoms with E-state index in [1.807, 2.05) is 0 Å². The average molecular weight is 283 g/mol. The molecule has 0 fully saturated rings. The Balaban J connectivity index is 3.19. The summed E-state index contributed by atoms with van der Waals surface area (Å²) in [6, 6.07) is 3.87. The number of amides is 1. The van der Waals surface area contributed by atoms with Crippen molar-refractivity contribution in [3.8, 4) is 5.75 Å². The van der Waals surface area contributed by atoms with E-state index in [1.165, 1.54) is 30.2 Å². The maximum atomic E-state index is 13.9. The minimum atomic E-state index is -0.681. The van der Waals surface area contributed by atoms with Crippen molar-refractivity contribution in [3.63, 3.8) is 0 Å². The third kappa shape index (κ3) is 3.37. The Hall–Kier alpha value is -2.31. The topological polar surface area (TPSA) is 88.2 Å². The number of carbonyl (C=O) groups is 1. The lowest BCUT2D eigenvalue weighted by Crippen LogP contribution is -2.43. The number of benzene rings is 1. The van der Waals surface area contributed by atoms with Gasteiger partial charge in [-0.2, -0.15) is 0 Å². The monoisotopic (exact) mass is 283 g/mol. The van der Waals surface area contributed by atoms with Crippen molar-refractivity contribution in [1.82, 2.24) is 4.90 Å². The zero-order chi connectivity index (χ0) is 15.3. The summed E-state index contributed by atoms with van der Waals surface area (Å²) in [5.41, 5.74) is 5.25. The van der Waals surface area contributed by atoms with E-state index >= 15 is 0 Å². The summed E-state index contributed by atoms with van der Waals surface area (Å²) in [6.07, 6.45) is 0. The molecular weight excluding hydrogens is 265 g/mol. The normalized spacial score (nSPS) is 11.6. The number of methoxy groups -OCH3 is 1. The first-order valence-corrected chi connectivity index (χ1v) is 6.02. The Kier molecular flexibility index (Phi) is 5.31. The van der Waals surface area contributed by atoms with Crippen LogP contribution < -0.4 is 10.5 Å². The number of hydrogen-bond acceptors (Lipinski definition) is 4. The van der Waals surface area contributed by atoms with Gasteiger partial charge in [-0.15, -0.1) is 0 Å². The number of halogens is 1. The minimum Gasteiger partial charge on any atom is -0.496 e. The van der Waals surface area contributed by atoms with Crippen molar-refractivity contribution in [3.05, 3.63) is 29.6 Å². The standard InChI is InChI=1S/C13H18FN3O3/c1-8(2)17(7-11(15)16-19)13(18)12-9(14)5-4-6-10(12)20-3/h4-6,8,19H,7H2,1-3H3,(H2,15,16). The number of amidine groups is 1. The number of hydrogen-bond donors (Lipinski definition) is 2. The lowest BCUT2D eigenvalue weighted by Gasteiger charge is -2.26. The second-order valence-corrected chi connectivity index (χ2v) is 4.44. The molecule has 0 aliphatic heterocycles. The highest BCUT2D eigenvalue weighted by atomic mass is 19.1. The maximum absolute atomic E-state index is 13.9. The van der Waals surface area contributed by atoms with Gasteiger partial charge in [0.15, 0.2) is 5.84 Å². The second kappa shape index (κ2) is 6.74. The molecule has 110 valence electrons. The van der Waals surface area contributed by atoms with E-state index in [-0.39, 0.29) is 29.7 Å². The zero-order valence-corrected chi connectivity index (χ0v) is 11.6. The van der Waals surface area contributed by atoms with Crippen LogP contribution in [0.25, 0.3) is 0 Å². The molecule has 0 saturated heterocycles. The Morgan fingerprint density at radius 2 is 2.20 bits per heavy atom. The van der Waals surface area contributed by atoms with Crippen LogP contribution in [0.15, 0.2) is 23.4 Å². The predicted octanol–water partition coefficient (Wildman–Crippen LogP) is 1.43. The molecule has 0 saturated carbocycles. The Bertz CT molecular complexity index is 518. The van der Waals surface area contributed by atoms with Gasteiger partial charge in [0.2, 0.25) is 0 Å². The molecule has 0 aliphatic carbocycles. The number of rotatable bonds is 5. The highest BCUT2D eigenvalue weighted by Crippen LogP contribution is 2.23. The van der Waals surface area contributed by atoms with Gasteiger partial charge < -0.3 is 20.6 Å². The van der Waals surface area contributed by atoms with Crippen LogP contribution in [0.4, 0.5) is 4.39 Å². The molecule has 0 radical (unpaired) electrons. The zero-order valence-electron chi connectivity index (χ0n) is 11.6. The van der Waals surface area contributed by atoms with Crippen LogP contribution >= 0.6 is 0 Å². The van der Waals surface area contributed by atoms with Gasteiger partial charge in [0.25, 0.3) is 5.91 Å². The average Bonchev–Trinajstić information content (AvgIpc) is 2.42. The Morgan fingerprint density at radius 1 is 1.55 bits per heavy atom. The van der Waals surface area contributed by atoms with E-state index < -0.39 is 11.7 Å². The predicted molar refractivity (Wildman–Crippen MR) is 72.5 cm³/mol. The number of oxime groups is 1. The Labute approximate surface area is 116 Å². The van der Waals surface area contributed by atoms with Crippen LogP contribution in [0.1, 0.15) is 24.2 Å². The molecule has 1 aromatic rings. The molecule has 0 aliphatic rings. The molecule has 20 heavy (non-hydrogen) atoms. The summed E-state index contributed by atoms with van der Waals surface area (Å²) in [5.74, 6) is -1.26. The quantitative estimate of drug-likeness (QED) is 0.370. The fraction of sp³-hybridized carbons (Fsp3) is 0.385. The van der Waals surface area contributed by atoms with Crippen LogP contribution in [0.2, 0.25) is 0 Å². The second-order valence-electron chi connectivity index (χ2n) is 4.44. The summed E-state index contributed by atoms with van der Waals surface area (Å²) in [7, 11) is 1.36. The van der Waals surface area contributed by atoms with E-state index in [9.17, 15) is 9.18 Å². The summed E-state index contributed by atoms with van der Waals surface area (Å²) >= 11 is 0. The van der Waals surface area contributed by atoms with Crippen molar-refractivity contribution in [2.75, 3.05) is 13.7 Å². The van der Waals surface area contributed by atoms with Gasteiger partial charge in [-0.3, -0.25) is 4.79 Å². The highest BCUT2D eigenvalue weighted by molar-refractivity contribution is 5.99. The molecule has 7 heteroatoms. The van der Waals surface area contributed by atoms with Gasteiger partial charge in [0.1, 0.15) is 17.1 Å². The first kappa shape index (κ1) is 15.7. The lowest BCUT2D eigenvalue weighted by molar-refractivity contribution is 0.0725. The van der Waals surface area contributed by atoms with Crippen LogP contribution in [-0.2, 0) is 0 Å². The number of ether oxygens (including phenoxy) is 1. The van der Waals surface area contributed by atoms with Crippen molar-refractivity contribution in [2.45, 2.75) is 19.9 Å². The molecule has 0 spiro atoms. The van der Waals surface area contributed by atoms with Gasteiger partial charge in [-0.05, 0) is 26.0 Å². The third-order valence-corrected chi connectivity index (χ3v) is 2.75. The first-order chi connectivity index (χ1) is 9.42. The van der Waals surface area contributed by atoms with Crippen molar-refractivity contribution in [2.24, 2.45) is 10.9 Å². The molecule has 6 nitrogen and oxygen atoms in total. The van der Waals surface area contributed by atoms with Crippen molar-refractivity contribution >= 4 is 11.7 Å². The molecule has 0 unspecified atom stereocenters. The molecule has 3 N–H and O–H groups in total. The Morgan fingerprint density at radius 3 is 2.70 bits per heavy atom. The fourth-order valence-corrected chi connectivity index (χ4v) is 1.72. The van der Waals surface area contributed by atoms with Crippen molar-refractivity contribution in [1.29, 1.82) is 0 Å². The summed E-state index contributed by atoms with van der Waals surface area (Å²) < 4.78 is 18.9. The third-order valence-electron chi connectivity index (χ3n) is 2.75. The van der Waals surface area contributed by atoms with Gasteiger partial charge in [-0.1, -0.05) is 11.2 Å². The highest BCUT2D eigenvalue weighted by Gasteiger charge is 2.26. The summed E-state index contributed by atoms with van der Waals surface area (Å²) in [4.78, 5) is 13.7. The molecule has 0 aromatic heterocycles. The fourth-order valence-electron chi connectivity index (χ4n) is 1.72. The minimum absolute atomic E-state index is 0.107. The van der Waals surface area contributed by atoms with Crippen LogP contribution in [0.5, 0.6) is 5.75 Å². The van der Waals surface area contributed by atoms with E-state index in [0.717, 1.165) is 0 Å². The van der Waals surface area contributed by atoms with Crippen LogP contribution in [-0.4, -0.2) is 41.5 Å². The van der Waals surface area contributed by atoms with E-state index in [2.05, 4.69) is 5.16 Å². The number of nitrogens with two attached hydrogens (primary N) is 1. The number of carbonyl (C=O) groups excluding carboxylic acids is 1. The molecule has 0 heterocycles. The number of nitrogens with zero attached hydrogens (tertiary/aromatic N) is 2.